The van der Waals surface area contributed by atoms with Crippen molar-refractivity contribution in [3.63, 3.8) is 0 Å². The third-order valence-corrected chi connectivity index (χ3v) is 3.90. The summed E-state index contributed by atoms with van der Waals surface area (Å²) in [5.41, 5.74) is 2.29. The number of amides is 1. The second kappa shape index (κ2) is 7.31. The first kappa shape index (κ1) is 16.3. The van der Waals surface area contributed by atoms with Crippen LogP contribution in [0.1, 0.15) is 13.3 Å². The average Bonchev–Trinajstić information content (AvgIpc) is 2.90. The number of ether oxygens (including phenoxy) is 1. The molecule has 0 aliphatic heterocycles. The Hall–Kier alpha value is -2.60. The highest BCUT2D eigenvalue weighted by atomic mass is 32.1. The van der Waals surface area contributed by atoms with E-state index in [2.05, 4.69) is 5.32 Å². The maximum absolute atomic E-state index is 12.3. The summed E-state index contributed by atoms with van der Waals surface area (Å²) in [6, 6.07) is 15.0. The van der Waals surface area contributed by atoms with Gasteiger partial charge in [0.15, 0.2) is 5.58 Å². The minimum absolute atomic E-state index is 0.102. The van der Waals surface area contributed by atoms with Crippen LogP contribution in [0.3, 0.4) is 0 Å². The number of rotatable bonds is 6. The van der Waals surface area contributed by atoms with Crippen LogP contribution < -0.4 is 10.1 Å². The molecule has 0 bridgehead atoms. The zero-order valence-electron chi connectivity index (χ0n) is 13.3. The van der Waals surface area contributed by atoms with Gasteiger partial charge in [0, 0.05) is 13.0 Å². The lowest BCUT2D eigenvalue weighted by Gasteiger charge is -2.11. The Morgan fingerprint density at radius 3 is 2.79 bits per heavy atom. The van der Waals surface area contributed by atoms with Gasteiger partial charge in [-0.1, -0.05) is 24.3 Å². The number of benzene rings is 2. The summed E-state index contributed by atoms with van der Waals surface area (Å²) in [6.07, 6.45) is 0.290. The minimum Gasteiger partial charge on any atom is -0.492 e. The number of aromatic nitrogens is 1. The smallest absolute Gasteiger partial charge is 0.269 e. The van der Waals surface area contributed by atoms with Crippen LogP contribution in [0.15, 0.2) is 52.9 Å². The molecule has 5 nitrogen and oxygen atoms in total. The predicted octanol–water partition coefficient (Wildman–Crippen LogP) is 4.39. The highest BCUT2D eigenvalue weighted by Gasteiger charge is 2.10. The number of carbonyl (C=O) groups excluding carboxylic acids is 1. The molecule has 1 amide bonds. The lowest BCUT2D eigenvalue weighted by atomic mass is 10.2. The molecule has 1 heterocycles. The van der Waals surface area contributed by atoms with E-state index in [9.17, 15) is 4.79 Å². The standard InChI is InChI=1S/C18H18N2O3S/c1-2-22-15-9-5-3-7-13(15)19-17(21)11-12-20-14-8-4-6-10-16(14)23-18(20)24/h3-10H,2,11-12H2,1H3,(H,19,21). The SMILES string of the molecule is CCOc1ccccc1NC(=O)CCn1c(=S)oc2ccccc21. The lowest BCUT2D eigenvalue weighted by molar-refractivity contribution is -0.116. The first-order valence-electron chi connectivity index (χ1n) is 7.79. The number of carbonyl (C=O) groups is 1. The van der Waals surface area contributed by atoms with Gasteiger partial charge in [0.1, 0.15) is 5.75 Å². The van der Waals surface area contributed by atoms with Gasteiger partial charge in [-0.15, -0.1) is 0 Å². The van der Waals surface area contributed by atoms with Crippen molar-refractivity contribution >= 4 is 34.9 Å². The Balaban J connectivity index is 1.70. The van der Waals surface area contributed by atoms with Crippen molar-refractivity contribution < 1.29 is 13.9 Å². The summed E-state index contributed by atoms with van der Waals surface area (Å²) < 4.78 is 12.9. The molecule has 0 unspecified atom stereocenters. The third kappa shape index (κ3) is 3.49. The summed E-state index contributed by atoms with van der Waals surface area (Å²) in [5.74, 6) is 0.563. The summed E-state index contributed by atoms with van der Waals surface area (Å²) in [6.45, 7) is 2.91. The maximum Gasteiger partial charge on any atom is 0.269 e. The van der Waals surface area contributed by atoms with Gasteiger partial charge >= 0.3 is 0 Å². The van der Waals surface area contributed by atoms with E-state index in [4.69, 9.17) is 21.4 Å². The molecule has 3 aromatic rings. The van der Waals surface area contributed by atoms with E-state index in [-0.39, 0.29) is 12.3 Å². The van der Waals surface area contributed by atoms with E-state index >= 15 is 0 Å². The van der Waals surface area contributed by atoms with Gasteiger partial charge in [0.2, 0.25) is 5.91 Å². The summed E-state index contributed by atoms with van der Waals surface area (Å²) in [4.78, 5) is 12.6. The van der Waals surface area contributed by atoms with Crippen LogP contribution in [0.5, 0.6) is 5.75 Å². The third-order valence-electron chi connectivity index (χ3n) is 3.60. The van der Waals surface area contributed by atoms with Gasteiger partial charge in [-0.2, -0.15) is 0 Å². The Morgan fingerprint density at radius 1 is 1.21 bits per heavy atom. The van der Waals surface area contributed by atoms with Crippen LogP contribution >= 0.6 is 12.2 Å². The molecule has 1 aromatic heterocycles. The normalized spacial score (nSPS) is 10.7. The molecule has 2 aromatic carbocycles. The molecule has 6 heteroatoms. The number of anilines is 1. The fourth-order valence-corrected chi connectivity index (χ4v) is 2.78. The molecule has 24 heavy (non-hydrogen) atoms. The molecule has 0 saturated carbocycles. The van der Waals surface area contributed by atoms with Crippen molar-refractivity contribution in [3.8, 4) is 5.75 Å². The molecule has 0 saturated heterocycles. The molecule has 0 atom stereocenters. The van der Waals surface area contributed by atoms with Gasteiger partial charge in [-0.05, 0) is 43.4 Å². The number of oxazole rings is 1. The monoisotopic (exact) mass is 342 g/mol. The van der Waals surface area contributed by atoms with Gasteiger partial charge in [0.25, 0.3) is 4.84 Å². The van der Waals surface area contributed by atoms with E-state index in [1.807, 2.05) is 60.0 Å². The Bertz CT molecular complexity index is 914. The fourth-order valence-electron chi connectivity index (χ4n) is 2.50. The Kier molecular flexibility index (Phi) is 4.96. The number of para-hydroxylation sites is 4. The van der Waals surface area contributed by atoms with Gasteiger partial charge in [0.05, 0.1) is 17.8 Å². The van der Waals surface area contributed by atoms with Crippen LogP contribution in [-0.2, 0) is 11.3 Å². The quantitative estimate of drug-likeness (QED) is 0.675. The van der Waals surface area contributed by atoms with Crippen molar-refractivity contribution in [1.82, 2.24) is 4.57 Å². The van der Waals surface area contributed by atoms with Crippen molar-refractivity contribution in [2.45, 2.75) is 19.9 Å². The van der Waals surface area contributed by atoms with E-state index in [0.717, 1.165) is 11.1 Å². The van der Waals surface area contributed by atoms with Crippen LogP contribution in [0.25, 0.3) is 11.1 Å². The second-order valence-corrected chi connectivity index (χ2v) is 5.56. The highest BCUT2D eigenvalue weighted by molar-refractivity contribution is 7.71. The number of hydrogen-bond acceptors (Lipinski definition) is 4. The van der Waals surface area contributed by atoms with Gasteiger partial charge in [-0.3, -0.25) is 9.36 Å². The first-order chi connectivity index (χ1) is 11.7. The molecule has 0 radical (unpaired) electrons. The van der Waals surface area contributed by atoms with Crippen LogP contribution in [0.2, 0.25) is 0 Å². The number of nitrogens with zero attached hydrogens (tertiary/aromatic N) is 1. The van der Waals surface area contributed by atoms with Crippen molar-refractivity contribution in [1.29, 1.82) is 0 Å². The fraction of sp³-hybridized carbons (Fsp3) is 0.222. The Morgan fingerprint density at radius 2 is 1.96 bits per heavy atom. The Labute approximate surface area is 144 Å². The molecule has 0 aliphatic carbocycles. The molecular formula is C18H18N2O3S. The zero-order chi connectivity index (χ0) is 16.9. The second-order valence-electron chi connectivity index (χ2n) is 5.21. The summed E-state index contributed by atoms with van der Waals surface area (Å²) >= 11 is 5.23. The van der Waals surface area contributed by atoms with Crippen molar-refractivity contribution in [2.24, 2.45) is 0 Å². The topological polar surface area (TPSA) is 56.4 Å². The zero-order valence-corrected chi connectivity index (χ0v) is 14.1. The number of aryl methyl sites for hydroxylation is 1. The largest absolute Gasteiger partial charge is 0.492 e. The van der Waals surface area contributed by atoms with Crippen LogP contribution in [0.4, 0.5) is 5.69 Å². The van der Waals surface area contributed by atoms with Gasteiger partial charge in [-0.25, -0.2) is 0 Å². The molecule has 0 spiro atoms. The van der Waals surface area contributed by atoms with Gasteiger partial charge < -0.3 is 14.5 Å². The van der Waals surface area contributed by atoms with E-state index in [1.165, 1.54) is 0 Å². The summed E-state index contributed by atoms with van der Waals surface area (Å²) in [7, 11) is 0. The molecule has 0 aliphatic rings. The molecule has 0 fully saturated rings. The minimum atomic E-state index is -0.102. The maximum atomic E-state index is 12.3. The van der Waals surface area contributed by atoms with Crippen LogP contribution in [-0.4, -0.2) is 17.1 Å². The van der Waals surface area contributed by atoms with Crippen molar-refractivity contribution in [2.75, 3.05) is 11.9 Å². The average molecular weight is 342 g/mol. The van der Waals surface area contributed by atoms with E-state index in [0.29, 0.717) is 29.4 Å². The number of fused-ring (bicyclic) bond motifs is 1. The highest BCUT2D eigenvalue weighted by Crippen LogP contribution is 2.24. The molecule has 3 rings (SSSR count). The first-order valence-corrected chi connectivity index (χ1v) is 8.20. The lowest BCUT2D eigenvalue weighted by Crippen LogP contribution is -2.15. The van der Waals surface area contributed by atoms with E-state index in [1.54, 1.807) is 0 Å². The van der Waals surface area contributed by atoms with Crippen LogP contribution in [0, 0.1) is 4.84 Å². The summed E-state index contributed by atoms with van der Waals surface area (Å²) in [5, 5.41) is 2.88. The molecular weight excluding hydrogens is 324 g/mol. The van der Waals surface area contributed by atoms with E-state index < -0.39 is 0 Å². The predicted molar refractivity (Wildman–Crippen MR) is 95.9 cm³/mol. The van der Waals surface area contributed by atoms with Crippen molar-refractivity contribution in [3.05, 3.63) is 53.4 Å². The number of nitrogens with one attached hydrogen (secondary N) is 1. The molecule has 124 valence electrons. The molecule has 1 N–H and O–H groups in total. The number of hydrogen-bond donors (Lipinski definition) is 1.